The molecular formula is C23H28O13. The maximum absolute atomic E-state index is 12.9. The third-order valence-corrected chi connectivity index (χ3v) is 7.26. The van der Waals surface area contributed by atoms with E-state index < -0.39 is 85.8 Å². The monoisotopic (exact) mass is 512 g/mol. The Morgan fingerprint density at radius 2 is 1.89 bits per heavy atom. The topological polar surface area (TPSA) is 197 Å². The number of ether oxygens (including phenoxy) is 6. The van der Waals surface area contributed by atoms with Crippen LogP contribution in [0.15, 0.2) is 30.5 Å². The Balaban J connectivity index is 1.35. The average Bonchev–Trinajstić information content (AvgIpc) is 3.56. The van der Waals surface area contributed by atoms with Crippen molar-refractivity contribution in [3.63, 3.8) is 0 Å². The van der Waals surface area contributed by atoms with Gasteiger partial charge in [0.25, 0.3) is 0 Å². The Bertz CT molecular complexity index is 1010. The summed E-state index contributed by atoms with van der Waals surface area (Å²) in [6.07, 6.45) is -7.19. The summed E-state index contributed by atoms with van der Waals surface area (Å²) in [6.45, 7) is -1.07. The number of benzene rings is 1. The summed E-state index contributed by atoms with van der Waals surface area (Å²) in [7, 11) is 1.35. The Morgan fingerprint density at radius 3 is 2.58 bits per heavy atom. The Labute approximate surface area is 205 Å². The smallest absolute Gasteiger partial charge is 0.338 e. The maximum atomic E-state index is 12.9. The van der Waals surface area contributed by atoms with E-state index in [1.165, 1.54) is 31.6 Å². The molecule has 0 aromatic heterocycles. The van der Waals surface area contributed by atoms with Gasteiger partial charge < -0.3 is 59.1 Å². The fourth-order valence-corrected chi connectivity index (χ4v) is 5.28. The molecule has 5 rings (SSSR count). The van der Waals surface area contributed by atoms with Gasteiger partial charge in [0.1, 0.15) is 42.2 Å². The second kappa shape index (κ2) is 9.43. The molecule has 3 aliphatic heterocycles. The maximum Gasteiger partial charge on any atom is 0.338 e. The van der Waals surface area contributed by atoms with Gasteiger partial charge in [-0.2, -0.15) is 0 Å². The Kier molecular flexibility index (Phi) is 6.59. The van der Waals surface area contributed by atoms with E-state index in [1.807, 2.05) is 0 Å². The lowest BCUT2D eigenvalue weighted by atomic mass is 9.85. The summed E-state index contributed by atoms with van der Waals surface area (Å²) in [4.78, 5) is 12.9. The molecule has 1 aliphatic carbocycles. The molecule has 0 unspecified atom stereocenters. The standard InChI is InChI=1S/C23H28O13/c1-31-12-6-9(2-3-11(12)26)20(30)34-18-10-4-5-32-21(14(10)23(8-25)19(18)36-23)35-22-17(29)16(28)15(27)13(7-24)33-22/h2-6,10,13-19,21-22,24-29H,7-8H2,1H3/t10-,13+,14-,15+,16-,17+,18-,19-,21+,22-,23+/m1/s1. The van der Waals surface area contributed by atoms with E-state index in [0.717, 1.165) is 0 Å². The Hall–Kier alpha value is -2.49. The van der Waals surface area contributed by atoms with E-state index in [4.69, 9.17) is 28.4 Å². The number of fused-ring (bicyclic) bond motifs is 3. The lowest BCUT2D eigenvalue weighted by Crippen LogP contribution is -2.60. The molecule has 0 bridgehead atoms. The fourth-order valence-electron chi connectivity index (χ4n) is 5.28. The first-order valence-electron chi connectivity index (χ1n) is 11.4. The van der Waals surface area contributed by atoms with Crippen LogP contribution in [-0.4, -0.2) is 112 Å². The van der Waals surface area contributed by atoms with Crippen LogP contribution in [0.1, 0.15) is 10.4 Å². The summed E-state index contributed by atoms with van der Waals surface area (Å²) in [5.41, 5.74) is -1.03. The number of epoxide rings is 1. The van der Waals surface area contributed by atoms with Gasteiger partial charge in [0.15, 0.2) is 17.8 Å². The van der Waals surface area contributed by atoms with Crippen molar-refractivity contribution in [1.29, 1.82) is 0 Å². The highest BCUT2D eigenvalue weighted by atomic mass is 16.8. The van der Waals surface area contributed by atoms with Gasteiger partial charge in [0, 0.05) is 5.92 Å². The molecule has 1 aromatic carbocycles. The number of phenolic OH excluding ortho intramolecular Hbond substituents is 1. The first-order valence-corrected chi connectivity index (χ1v) is 11.4. The van der Waals surface area contributed by atoms with E-state index in [2.05, 4.69) is 0 Å². The number of carbonyl (C=O) groups is 1. The number of phenols is 1. The van der Waals surface area contributed by atoms with Gasteiger partial charge in [-0.05, 0) is 24.3 Å². The van der Waals surface area contributed by atoms with Crippen molar-refractivity contribution < 1.29 is 63.9 Å². The second-order valence-corrected chi connectivity index (χ2v) is 9.18. The van der Waals surface area contributed by atoms with Crippen LogP contribution < -0.4 is 4.74 Å². The van der Waals surface area contributed by atoms with Crippen LogP contribution in [0.5, 0.6) is 11.5 Å². The molecule has 2 saturated heterocycles. The highest BCUT2D eigenvalue weighted by Gasteiger charge is 2.77. The fraction of sp³-hybridized carbons (Fsp3) is 0.609. The van der Waals surface area contributed by atoms with Gasteiger partial charge in [0.05, 0.1) is 38.1 Å². The summed E-state index contributed by atoms with van der Waals surface area (Å²) in [5.74, 6) is -1.95. The summed E-state index contributed by atoms with van der Waals surface area (Å²) in [5, 5.41) is 59.8. The first-order chi connectivity index (χ1) is 17.2. The van der Waals surface area contributed by atoms with Crippen molar-refractivity contribution in [2.24, 2.45) is 11.8 Å². The third kappa shape index (κ3) is 3.92. The van der Waals surface area contributed by atoms with Gasteiger partial charge >= 0.3 is 5.97 Å². The van der Waals surface area contributed by atoms with Crippen LogP contribution in [0, 0.1) is 11.8 Å². The lowest BCUT2D eigenvalue weighted by Gasteiger charge is -2.43. The zero-order valence-electron chi connectivity index (χ0n) is 19.1. The number of carbonyl (C=O) groups excluding carboxylic acids is 1. The molecular weight excluding hydrogens is 484 g/mol. The minimum absolute atomic E-state index is 0.0973. The molecule has 1 aromatic rings. The molecule has 4 aliphatic rings. The Morgan fingerprint density at radius 1 is 1.11 bits per heavy atom. The normalized spacial score (nSPS) is 42.7. The summed E-state index contributed by atoms with van der Waals surface area (Å²) >= 11 is 0. The van der Waals surface area contributed by atoms with E-state index in [1.54, 1.807) is 6.08 Å². The zero-order chi connectivity index (χ0) is 25.8. The van der Waals surface area contributed by atoms with E-state index in [9.17, 15) is 35.4 Å². The van der Waals surface area contributed by atoms with Gasteiger partial charge in [-0.15, -0.1) is 0 Å². The van der Waals surface area contributed by atoms with E-state index in [0.29, 0.717) is 0 Å². The summed E-state index contributed by atoms with van der Waals surface area (Å²) in [6, 6.07) is 4.02. The zero-order valence-corrected chi connectivity index (χ0v) is 19.1. The molecule has 1 saturated carbocycles. The molecule has 198 valence electrons. The van der Waals surface area contributed by atoms with Crippen molar-refractivity contribution in [3.05, 3.63) is 36.1 Å². The molecule has 0 radical (unpaired) electrons. The molecule has 3 fully saturated rings. The minimum atomic E-state index is -1.66. The number of methoxy groups -OCH3 is 1. The minimum Gasteiger partial charge on any atom is -0.504 e. The highest BCUT2D eigenvalue weighted by Crippen LogP contribution is 2.60. The van der Waals surface area contributed by atoms with Crippen molar-refractivity contribution in [1.82, 2.24) is 0 Å². The van der Waals surface area contributed by atoms with E-state index >= 15 is 0 Å². The average molecular weight is 512 g/mol. The van der Waals surface area contributed by atoms with Crippen molar-refractivity contribution in [2.75, 3.05) is 20.3 Å². The van der Waals surface area contributed by atoms with Crippen molar-refractivity contribution in [3.8, 4) is 11.5 Å². The number of esters is 1. The predicted octanol–water partition coefficient (Wildman–Crippen LogP) is -2.01. The predicted molar refractivity (Wildman–Crippen MR) is 114 cm³/mol. The van der Waals surface area contributed by atoms with Crippen LogP contribution in [0.4, 0.5) is 0 Å². The van der Waals surface area contributed by atoms with E-state index in [-0.39, 0.29) is 17.1 Å². The number of rotatable bonds is 7. The number of aromatic hydroxyl groups is 1. The molecule has 11 atom stereocenters. The SMILES string of the molecule is COc1cc(C(=O)O[C@@H]2[C@@H]3C=CO[C@@H](O[C@H]4O[C@@H](CO)[C@H](O)[C@@H](O)[C@@H]4O)[C@@H]3[C@]3(CO)O[C@H]23)ccc1O. The van der Waals surface area contributed by atoms with Crippen LogP contribution in [0.2, 0.25) is 0 Å². The van der Waals surface area contributed by atoms with Crippen LogP contribution in [-0.2, 0) is 23.7 Å². The van der Waals surface area contributed by atoms with Crippen LogP contribution in [0.3, 0.4) is 0 Å². The van der Waals surface area contributed by atoms with Crippen LogP contribution in [0.25, 0.3) is 0 Å². The largest absolute Gasteiger partial charge is 0.504 e. The van der Waals surface area contributed by atoms with Gasteiger partial charge in [-0.3, -0.25) is 0 Å². The molecule has 0 spiro atoms. The first kappa shape index (κ1) is 25.2. The lowest BCUT2D eigenvalue weighted by molar-refractivity contribution is -0.344. The second-order valence-electron chi connectivity index (χ2n) is 9.18. The molecule has 3 heterocycles. The highest BCUT2D eigenvalue weighted by molar-refractivity contribution is 5.90. The molecule has 6 N–H and O–H groups in total. The quantitative estimate of drug-likeness (QED) is 0.173. The number of aliphatic hydroxyl groups is 5. The van der Waals surface area contributed by atoms with Gasteiger partial charge in [-0.25, -0.2) is 4.79 Å². The number of aliphatic hydroxyl groups excluding tert-OH is 5. The summed E-state index contributed by atoms with van der Waals surface area (Å²) < 4.78 is 33.4. The van der Waals surface area contributed by atoms with Gasteiger partial charge in [-0.1, -0.05) is 0 Å². The van der Waals surface area contributed by atoms with Crippen LogP contribution >= 0.6 is 0 Å². The van der Waals surface area contributed by atoms with Crippen molar-refractivity contribution >= 4 is 5.97 Å². The van der Waals surface area contributed by atoms with Crippen molar-refractivity contribution in [2.45, 2.75) is 54.8 Å². The third-order valence-electron chi connectivity index (χ3n) is 7.26. The molecule has 13 heteroatoms. The molecule has 36 heavy (non-hydrogen) atoms. The molecule has 13 nitrogen and oxygen atoms in total. The number of hydrogen-bond donors (Lipinski definition) is 6. The van der Waals surface area contributed by atoms with Gasteiger partial charge in [0.2, 0.25) is 6.29 Å². The number of hydrogen-bond acceptors (Lipinski definition) is 13. The molecule has 0 amide bonds.